The fraction of sp³-hybridized carbons (Fsp3) is 0.429. The van der Waals surface area contributed by atoms with Crippen LogP contribution >= 0.6 is 0 Å². The van der Waals surface area contributed by atoms with Crippen molar-refractivity contribution in [3.8, 4) is 11.6 Å². The molecule has 3 aliphatic rings. The molecule has 3 aromatic rings. The van der Waals surface area contributed by atoms with E-state index in [2.05, 4.69) is 20.3 Å². The van der Waals surface area contributed by atoms with Crippen LogP contribution < -0.4 is 19.7 Å². The zero-order chi connectivity index (χ0) is 21.8. The SMILES string of the molecule is O=C1NC[C@@H](CO)Oc2ncc(F)cc2CN2c3nc4c1cnn4cc3O[C@H]1CCC[C@H]12. The van der Waals surface area contributed by atoms with E-state index in [1.807, 2.05) is 0 Å². The van der Waals surface area contributed by atoms with Crippen molar-refractivity contribution in [1.29, 1.82) is 0 Å². The van der Waals surface area contributed by atoms with Gasteiger partial charge in [0, 0.05) is 5.56 Å². The van der Waals surface area contributed by atoms with E-state index in [0.29, 0.717) is 34.9 Å². The number of aliphatic hydroxyl groups excluding tert-OH is 1. The lowest BCUT2D eigenvalue weighted by molar-refractivity contribution is 0.0859. The molecule has 0 aromatic carbocycles. The van der Waals surface area contributed by atoms with Crippen LogP contribution in [0.5, 0.6) is 11.6 Å². The Morgan fingerprint density at radius 1 is 1.28 bits per heavy atom. The number of nitrogens with zero attached hydrogens (tertiary/aromatic N) is 5. The highest BCUT2D eigenvalue weighted by atomic mass is 19.1. The molecule has 0 unspecified atom stereocenters. The number of fused-ring (bicyclic) bond motifs is 3. The number of hydrogen-bond acceptors (Lipinski definition) is 8. The van der Waals surface area contributed by atoms with E-state index in [0.717, 1.165) is 25.5 Å². The molecular formula is C21H21FN6O4. The minimum absolute atomic E-state index is 0.0214. The minimum Gasteiger partial charge on any atom is -0.483 e. The molecule has 2 aliphatic heterocycles. The first-order valence-corrected chi connectivity index (χ1v) is 10.6. The maximum absolute atomic E-state index is 14.2. The Morgan fingerprint density at radius 2 is 2.19 bits per heavy atom. The van der Waals surface area contributed by atoms with Gasteiger partial charge in [0.15, 0.2) is 17.2 Å². The van der Waals surface area contributed by atoms with Crippen molar-refractivity contribution in [3.05, 3.63) is 41.6 Å². The molecule has 5 heterocycles. The third-order valence-electron chi connectivity index (χ3n) is 6.26. The van der Waals surface area contributed by atoms with E-state index in [1.54, 1.807) is 6.20 Å². The molecule has 6 rings (SSSR count). The summed E-state index contributed by atoms with van der Waals surface area (Å²) in [6, 6.07) is 1.43. The lowest BCUT2D eigenvalue weighted by Crippen LogP contribution is -2.47. The molecule has 1 saturated carbocycles. The van der Waals surface area contributed by atoms with Gasteiger partial charge in [-0.15, -0.1) is 0 Å². The summed E-state index contributed by atoms with van der Waals surface area (Å²) in [6.45, 7) is -0.0158. The molecule has 2 bridgehead atoms. The fourth-order valence-electron chi connectivity index (χ4n) is 4.72. The molecule has 0 radical (unpaired) electrons. The summed E-state index contributed by atoms with van der Waals surface area (Å²) in [7, 11) is 0. The number of carbonyl (C=O) groups excluding carboxylic acids is 1. The summed E-state index contributed by atoms with van der Waals surface area (Å²) >= 11 is 0. The molecule has 10 nitrogen and oxygen atoms in total. The van der Waals surface area contributed by atoms with E-state index in [1.165, 1.54) is 16.8 Å². The number of aromatic nitrogens is 4. The molecule has 3 atom stereocenters. The predicted molar refractivity (Wildman–Crippen MR) is 109 cm³/mol. The van der Waals surface area contributed by atoms with Gasteiger partial charge in [-0.25, -0.2) is 18.9 Å². The molecule has 166 valence electrons. The van der Waals surface area contributed by atoms with Crippen LogP contribution in [0.3, 0.4) is 0 Å². The zero-order valence-corrected chi connectivity index (χ0v) is 17.1. The van der Waals surface area contributed by atoms with Crippen molar-refractivity contribution >= 4 is 17.4 Å². The summed E-state index contributed by atoms with van der Waals surface area (Å²) in [6.07, 6.45) is 6.30. The third-order valence-corrected chi connectivity index (χ3v) is 6.26. The number of hydrogen-bond donors (Lipinski definition) is 2. The van der Waals surface area contributed by atoms with Gasteiger partial charge >= 0.3 is 0 Å². The number of aliphatic hydroxyl groups is 1. The van der Waals surface area contributed by atoms with Crippen LogP contribution in [0.1, 0.15) is 35.2 Å². The number of amides is 1. The molecule has 2 N–H and O–H groups in total. The van der Waals surface area contributed by atoms with Crippen molar-refractivity contribution in [2.75, 3.05) is 18.1 Å². The van der Waals surface area contributed by atoms with Gasteiger partial charge in [0.05, 0.1) is 44.3 Å². The average molecular weight is 440 g/mol. The predicted octanol–water partition coefficient (Wildman–Crippen LogP) is 1.07. The Balaban J connectivity index is 1.55. The molecule has 32 heavy (non-hydrogen) atoms. The van der Waals surface area contributed by atoms with E-state index in [9.17, 15) is 14.3 Å². The monoisotopic (exact) mass is 440 g/mol. The second-order valence-corrected chi connectivity index (χ2v) is 8.29. The van der Waals surface area contributed by atoms with Crippen LogP contribution in [0.15, 0.2) is 24.7 Å². The van der Waals surface area contributed by atoms with Crippen LogP contribution in [0, 0.1) is 5.82 Å². The van der Waals surface area contributed by atoms with Crippen LogP contribution in [0.2, 0.25) is 0 Å². The Labute approximate surface area is 182 Å². The van der Waals surface area contributed by atoms with Crippen molar-refractivity contribution in [2.45, 2.75) is 44.1 Å². The number of halogens is 1. The lowest BCUT2D eigenvalue weighted by Gasteiger charge is -2.39. The third kappa shape index (κ3) is 3.03. The van der Waals surface area contributed by atoms with E-state index >= 15 is 0 Å². The molecule has 1 amide bonds. The van der Waals surface area contributed by atoms with E-state index < -0.39 is 11.9 Å². The van der Waals surface area contributed by atoms with Crippen LogP contribution in [0.4, 0.5) is 10.2 Å². The maximum Gasteiger partial charge on any atom is 0.256 e. The highest BCUT2D eigenvalue weighted by Crippen LogP contribution is 2.42. The van der Waals surface area contributed by atoms with Crippen molar-refractivity contribution in [2.24, 2.45) is 0 Å². The summed E-state index contributed by atoms with van der Waals surface area (Å²) in [5, 5.41) is 16.8. The molecule has 1 fully saturated rings. The molecule has 3 aromatic heterocycles. The first-order valence-electron chi connectivity index (χ1n) is 10.6. The minimum atomic E-state index is -0.752. The van der Waals surface area contributed by atoms with Gasteiger partial charge in [0.25, 0.3) is 5.91 Å². The summed E-state index contributed by atoms with van der Waals surface area (Å²) in [5.74, 6) is 0.478. The second kappa shape index (κ2) is 7.30. The van der Waals surface area contributed by atoms with Crippen LogP contribution in [-0.2, 0) is 6.54 Å². The Bertz CT molecular complexity index is 1220. The zero-order valence-electron chi connectivity index (χ0n) is 17.1. The molecule has 11 heteroatoms. The summed E-state index contributed by atoms with van der Waals surface area (Å²) < 4.78 is 27.8. The number of carbonyl (C=O) groups is 1. The largest absolute Gasteiger partial charge is 0.483 e. The quantitative estimate of drug-likeness (QED) is 0.578. The van der Waals surface area contributed by atoms with Gasteiger partial charge in [-0.2, -0.15) is 5.10 Å². The highest BCUT2D eigenvalue weighted by Gasteiger charge is 2.41. The second-order valence-electron chi connectivity index (χ2n) is 8.29. The van der Waals surface area contributed by atoms with Crippen molar-refractivity contribution in [1.82, 2.24) is 24.9 Å². The standard InChI is InChI=1S/C21H21FN6O4/c22-12-4-11-8-27-15-2-1-3-16(15)32-17-9-28-18(26-19(17)27)14(7-25-28)20(30)23-6-13(10-29)31-21(11)24-5-12/h4-5,7,9,13,15-16,29H,1-3,6,8,10H2,(H,23,30)/t13-,15+,16-/m0/s1. The normalized spacial score (nSPS) is 24.5. The van der Waals surface area contributed by atoms with Crippen molar-refractivity contribution < 1.29 is 23.8 Å². The highest BCUT2D eigenvalue weighted by molar-refractivity contribution is 5.99. The molecule has 0 spiro atoms. The first kappa shape index (κ1) is 19.2. The Morgan fingerprint density at radius 3 is 3.06 bits per heavy atom. The van der Waals surface area contributed by atoms with Crippen LogP contribution in [0.25, 0.3) is 5.65 Å². The van der Waals surface area contributed by atoms with Crippen molar-refractivity contribution in [3.63, 3.8) is 0 Å². The number of pyridine rings is 1. The molecule has 0 saturated heterocycles. The van der Waals surface area contributed by atoms with Gasteiger partial charge in [0.1, 0.15) is 23.6 Å². The van der Waals surface area contributed by atoms with E-state index in [4.69, 9.17) is 14.5 Å². The van der Waals surface area contributed by atoms with Gasteiger partial charge in [-0.3, -0.25) is 4.79 Å². The maximum atomic E-state index is 14.2. The summed E-state index contributed by atoms with van der Waals surface area (Å²) in [5.41, 5.74) is 1.23. The Kier molecular flexibility index (Phi) is 4.39. The van der Waals surface area contributed by atoms with Gasteiger partial charge in [-0.1, -0.05) is 0 Å². The van der Waals surface area contributed by atoms with Gasteiger partial charge < -0.3 is 24.8 Å². The average Bonchev–Trinajstić information content (AvgIpc) is 3.42. The van der Waals surface area contributed by atoms with Gasteiger partial charge in [0.2, 0.25) is 5.88 Å². The number of nitrogens with one attached hydrogen (secondary N) is 1. The number of ether oxygens (including phenoxy) is 2. The van der Waals surface area contributed by atoms with E-state index in [-0.39, 0.29) is 37.1 Å². The first-order chi connectivity index (χ1) is 15.6. The Hall–Kier alpha value is -3.47. The molecular weight excluding hydrogens is 419 g/mol. The summed E-state index contributed by atoms with van der Waals surface area (Å²) in [4.78, 5) is 23.8. The number of anilines is 1. The van der Waals surface area contributed by atoms with Crippen LogP contribution in [-0.4, -0.2) is 62.0 Å². The molecule has 1 aliphatic carbocycles. The lowest BCUT2D eigenvalue weighted by atomic mass is 10.1. The number of rotatable bonds is 1. The fourth-order valence-corrected chi connectivity index (χ4v) is 4.72. The smallest absolute Gasteiger partial charge is 0.256 e. The topological polar surface area (TPSA) is 114 Å². The van der Waals surface area contributed by atoms with Gasteiger partial charge in [-0.05, 0) is 25.3 Å².